The minimum Gasteiger partial charge on any atom is -0.490 e. The molecule has 1 amide bonds. The highest BCUT2D eigenvalue weighted by atomic mass is 16.5. The van der Waals surface area contributed by atoms with Gasteiger partial charge < -0.3 is 19.5 Å². The van der Waals surface area contributed by atoms with Crippen molar-refractivity contribution in [1.29, 1.82) is 0 Å². The Kier molecular flexibility index (Phi) is 7.28. The van der Waals surface area contributed by atoms with Gasteiger partial charge in [0.2, 0.25) is 0 Å². The number of benzene rings is 2. The molecule has 1 heterocycles. The molecule has 0 aromatic heterocycles. The summed E-state index contributed by atoms with van der Waals surface area (Å²) in [6, 6.07) is 10.7. The maximum absolute atomic E-state index is 12.5. The van der Waals surface area contributed by atoms with E-state index in [9.17, 15) is 14.4 Å². The average Bonchev–Trinajstić information content (AvgIpc) is 2.99. The number of amides is 1. The van der Waals surface area contributed by atoms with Gasteiger partial charge in [-0.1, -0.05) is 12.1 Å². The van der Waals surface area contributed by atoms with Crippen molar-refractivity contribution in [2.75, 3.05) is 18.5 Å². The SMILES string of the molecule is Cc1ccc(C)c(NC(=O)[C@H](C)OC(=O)CCC(=O)c2ccc3c(c2)OCCCO3)c1. The Hall–Kier alpha value is -3.35. The van der Waals surface area contributed by atoms with Crippen molar-refractivity contribution < 1.29 is 28.6 Å². The average molecular weight is 425 g/mol. The van der Waals surface area contributed by atoms with Gasteiger partial charge in [-0.15, -0.1) is 0 Å². The zero-order valence-electron chi connectivity index (χ0n) is 18.0. The molecule has 0 bridgehead atoms. The first kappa shape index (κ1) is 22.3. The number of hydrogen-bond acceptors (Lipinski definition) is 6. The van der Waals surface area contributed by atoms with Gasteiger partial charge in [0, 0.05) is 24.1 Å². The summed E-state index contributed by atoms with van der Waals surface area (Å²) in [6.45, 7) is 6.42. The molecule has 2 aromatic rings. The second-order valence-corrected chi connectivity index (χ2v) is 7.57. The molecular weight excluding hydrogens is 398 g/mol. The number of ketones is 1. The maximum Gasteiger partial charge on any atom is 0.307 e. The minimum absolute atomic E-state index is 0.0240. The van der Waals surface area contributed by atoms with Crippen LogP contribution in [0.2, 0.25) is 0 Å². The summed E-state index contributed by atoms with van der Waals surface area (Å²) < 4.78 is 16.4. The normalized spacial score (nSPS) is 13.6. The van der Waals surface area contributed by atoms with Crippen LogP contribution in [0.5, 0.6) is 11.5 Å². The van der Waals surface area contributed by atoms with Gasteiger partial charge in [0.25, 0.3) is 5.91 Å². The second-order valence-electron chi connectivity index (χ2n) is 7.57. The van der Waals surface area contributed by atoms with Crippen molar-refractivity contribution in [3.05, 3.63) is 53.1 Å². The molecule has 0 unspecified atom stereocenters. The molecule has 1 atom stereocenters. The van der Waals surface area contributed by atoms with Crippen molar-refractivity contribution in [3.63, 3.8) is 0 Å². The van der Waals surface area contributed by atoms with Crippen LogP contribution in [0.25, 0.3) is 0 Å². The molecule has 7 nitrogen and oxygen atoms in total. The number of carbonyl (C=O) groups is 3. The van der Waals surface area contributed by atoms with E-state index in [2.05, 4.69) is 5.32 Å². The molecule has 164 valence electrons. The van der Waals surface area contributed by atoms with Gasteiger partial charge in [-0.3, -0.25) is 14.4 Å². The van der Waals surface area contributed by atoms with Crippen LogP contribution in [0, 0.1) is 13.8 Å². The molecule has 0 saturated heterocycles. The lowest BCUT2D eigenvalue weighted by Crippen LogP contribution is -2.30. The van der Waals surface area contributed by atoms with E-state index in [0.717, 1.165) is 17.5 Å². The van der Waals surface area contributed by atoms with Gasteiger partial charge in [0.15, 0.2) is 23.4 Å². The number of esters is 1. The third-order valence-electron chi connectivity index (χ3n) is 4.95. The van der Waals surface area contributed by atoms with Crippen LogP contribution < -0.4 is 14.8 Å². The molecule has 31 heavy (non-hydrogen) atoms. The predicted molar refractivity (Wildman–Crippen MR) is 116 cm³/mol. The Morgan fingerprint density at radius 1 is 1.00 bits per heavy atom. The summed E-state index contributed by atoms with van der Waals surface area (Å²) in [4.78, 5) is 37.0. The third-order valence-corrected chi connectivity index (χ3v) is 4.95. The summed E-state index contributed by atoms with van der Waals surface area (Å²) in [7, 11) is 0. The van der Waals surface area contributed by atoms with Gasteiger partial charge in [0.1, 0.15) is 0 Å². The molecule has 1 aliphatic rings. The van der Waals surface area contributed by atoms with E-state index >= 15 is 0 Å². The first-order chi connectivity index (χ1) is 14.8. The van der Waals surface area contributed by atoms with Crippen LogP contribution in [-0.4, -0.2) is 37.0 Å². The number of fused-ring (bicyclic) bond motifs is 1. The molecular formula is C24H27NO6. The molecule has 0 spiro atoms. The Morgan fingerprint density at radius 2 is 1.74 bits per heavy atom. The first-order valence-electron chi connectivity index (χ1n) is 10.3. The molecule has 7 heteroatoms. The lowest BCUT2D eigenvalue weighted by molar-refractivity contribution is -0.153. The van der Waals surface area contributed by atoms with Crippen LogP contribution in [0.15, 0.2) is 36.4 Å². The maximum atomic E-state index is 12.5. The fourth-order valence-corrected chi connectivity index (χ4v) is 3.11. The van der Waals surface area contributed by atoms with E-state index in [1.54, 1.807) is 18.2 Å². The fourth-order valence-electron chi connectivity index (χ4n) is 3.11. The highest BCUT2D eigenvalue weighted by Crippen LogP contribution is 2.30. The summed E-state index contributed by atoms with van der Waals surface area (Å²) in [5.41, 5.74) is 3.05. The number of hydrogen-bond donors (Lipinski definition) is 1. The van der Waals surface area contributed by atoms with Gasteiger partial charge in [0.05, 0.1) is 19.6 Å². The van der Waals surface area contributed by atoms with Crippen molar-refractivity contribution in [3.8, 4) is 11.5 Å². The molecule has 2 aromatic carbocycles. The first-order valence-corrected chi connectivity index (χ1v) is 10.3. The third kappa shape index (κ3) is 6.07. The van der Waals surface area contributed by atoms with Gasteiger partial charge in [-0.2, -0.15) is 0 Å². The van der Waals surface area contributed by atoms with Crippen molar-refractivity contribution in [2.45, 2.75) is 46.1 Å². The molecule has 3 rings (SSSR count). The van der Waals surface area contributed by atoms with Gasteiger partial charge >= 0.3 is 5.97 Å². The number of aryl methyl sites for hydroxylation is 2. The Morgan fingerprint density at radius 3 is 2.52 bits per heavy atom. The Labute approximate surface area is 181 Å². The lowest BCUT2D eigenvalue weighted by atomic mass is 10.1. The topological polar surface area (TPSA) is 90.9 Å². The monoisotopic (exact) mass is 425 g/mol. The van der Waals surface area contributed by atoms with Gasteiger partial charge in [-0.25, -0.2) is 0 Å². The summed E-state index contributed by atoms with van der Waals surface area (Å²) in [5, 5.41) is 2.77. The van der Waals surface area contributed by atoms with Crippen LogP contribution in [0.3, 0.4) is 0 Å². The lowest BCUT2D eigenvalue weighted by Gasteiger charge is -2.15. The minimum atomic E-state index is -0.972. The number of rotatable bonds is 7. The van der Waals surface area contributed by atoms with E-state index < -0.39 is 18.0 Å². The number of Topliss-reactive ketones (excluding diaryl/α,β-unsaturated/α-hetero) is 1. The van der Waals surface area contributed by atoms with Crippen LogP contribution in [0.1, 0.15) is 47.7 Å². The van der Waals surface area contributed by atoms with E-state index in [0.29, 0.717) is 36.0 Å². The molecule has 0 aliphatic carbocycles. The van der Waals surface area contributed by atoms with E-state index in [4.69, 9.17) is 14.2 Å². The largest absolute Gasteiger partial charge is 0.490 e. The summed E-state index contributed by atoms with van der Waals surface area (Å²) in [5.74, 6) is -0.0949. The van der Waals surface area contributed by atoms with E-state index in [1.807, 2.05) is 32.0 Å². The molecule has 0 saturated carbocycles. The smallest absolute Gasteiger partial charge is 0.307 e. The highest BCUT2D eigenvalue weighted by molar-refractivity contribution is 5.99. The van der Waals surface area contributed by atoms with Gasteiger partial charge in [-0.05, 0) is 56.2 Å². The van der Waals surface area contributed by atoms with E-state index in [1.165, 1.54) is 6.92 Å². The number of carbonyl (C=O) groups excluding carboxylic acids is 3. The van der Waals surface area contributed by atoms with Crippen LogP contribution in [0.4, 0.5) is 5.69 Å². The quantitative estimate of drug-likeness (QED) is 0.533. The number of anilines is 1. The molecule has 0 radical (unpaired) electrons. The zero-order valence-corrected chi connectivity index (χ0v) is 18.0. The Balaban J connectivity index is 1.50. The van der Waals surface area contributed by atoms with Crippen molar-refractivity contribution in [2.24, 2.45) is 0 Å². The fraction of sp³-hybridized carbons (Fsp3) is 0.375. The summed E-state index contributed by atoms with van der Waals surface area (Å²) in [6.07, 6.45) is -0.336. The number of nitrogens with one attached hydrogen (secondary N) is 1. The summed E-state index contributed by atoms with van der Waals surface area (Å²) >= 11 is 0. The standard InChI is InChI=1S/C24H27NO6/c1-15-5-6-16(2)19(13-15)25-24(28)17(3)31-23(27)10-8-20(26)18-7-9-21-22(14-18)30-12-4-11-29-21/h5-7,9,13-14,17H,4,8,10-12H2,1-3H3,(H,25,28)/t17-/m0/s1. The van der Waals surface area contributed by atoms with Crippen LogP contribution in [-0.2, 0) is 14.3 Å². The zero-order chi connectivity index (χ0) is 22.4. The van der Waals surface area contributed by atoms with Crippen molar-refractivity contribution in [1.82, 2.24) is 0 Å². The van der Waals surface area contributed by atoms with E-state index in [-0.39, 0.29) is 18.6 Å². The highest BCUT2D eigenvalue weighted by Gasteiger charge is 2.20. The second kappa shape index (κ2) is 10.1. The molecule has 0 fully saturated rings. The number of ether oxygens (including phenoxy) is 3. The molecule has 1 aliphatic heterocycles. The Bertz CT molecular complexity index is 984. The molecule has 1 N–H and O–H groups in total. The van der Waals surface area contributed by atoms with Crippen LogP contribution >= 0.6 is 0 Å². The predicted octanol–water partition coefficient (Wildman–Crippen LogP) is 4.00. The van der Waals surface area contributed by atoms with Crippen molar-refractivity contribution >= 4 is 23.3 Å².